The SMILES string of the molecule is CC(S)OCCOC(=O)C1CCCC(CC(C)OC23CC4CC(CC(C4)C2)C3)C1. The fraction of sp³-hybridized carbons (Fsp3) is 0.958. The predicted octanol–water partition coefficient (Wildman–Crippen LogP) is 5.39. The van der Waals surface area contributed by atoms with Crippen molar-refractivity contribution in [2.24, 2.45) is 29.6 Å². The monoisotopic (exact) mass is 424 g/mol. The number of ether oxygens (including phenoxy) is 3. The largest absolute Gasteiger partial charge is 0.463 e. The van der Waals surface area contributed by atoms with Crippen LogP contribution < -0.4 is 0 Å². The molecule has 0 amide bonds. The molecule has 0 N–H and O–H groups in total. The smallest absolute Gasteiger partial charge is 0.309 e. The molecular formula is C24H40O4S. The molecule has 0 radical (unpaired) electrons. The number of hydrogen-bond acceptors (Lipinski definition) is 5. The van der Waals surface area contributed by atoms with Crippen molar-refractivity contribution < 1.29 is 19.0 Å². The summed E-state index contributed by atoms with van der Waals surface area (Å²) in [6, 6.07) is 0. The summed E-state index contributed by atoms with van der Waals surface area (Å²) in [5.41, 5.74) is 0.0638. The van der Waals surface area contributed by atoms with Gasteiger partial charge in [0.15, 0.2) is 0 Å². The highest BCUT2D eigenvalue weighted by Crippen LogP contribution is 2.57. The molecule has 5 aliphatic rings. The first-order valence-electron chi connectivity index (χ1n) is 12.0. The lowest BCUT2D eigenvalue weighted by Gasteiger charge is -2.57. The minimum Gasteiger partial charge on any atom is -0.463 e. The van der Waals surface area contributed by atoms with Crippen molar-refractivity contribution in [1.82, 2.24) is 0 Å². The van der Waals surface area contributed by atoms with Crippen molar-refractivity contribution in [3.05, 3.63) is 0 Å². The van der Waals surface area contributed by atoms with Crippen molar-refractivity contribution in [2.75, 3.05) is 13.2 Å². The van der Waals surface area contributed by atoms with Gasteiger partial charge in [0.1, 0.15) is 6.61 Å². The Hall–Kier alpha value is -0.260. The number of rotatable bonds is 9. The van der Waals surface area contributed by atoms with E-state index in [4.69, 9.17) is 14.2 Å². The van der Waals surface area contributed by atoms with E-state index in [0.717, 1.165) is 43.4 Å². The van der Waals surface area contributed by atoms with Gasteiger partial charge in [-0.3, -0.25) is 4.79 Å². The average Bonchev–Trinajstić information content (AvgIpc) is 2.63. The van der Waals surface area contributed by atoms with Crippen LogP contribution >= 0.6 is 12.6 Å². The van der Waals surface area contributed by atoms with Crippen molar-refractivity contribution in [2.45, 2.75) is 102 Å². The molecule has 4 unspecified atom stereocenters. The molecule has 0 aliphatic heterocycles. The highest BCUT2D eigenvalue weighted by molar-refractivity contribution is 7.80. The van der Waals surface area contributed by atoms with Crippen LogP contribution in [0.1, 0.15) is 84.5 Å². The van der Waals surface area contributed by atoms with Crippen LogP contribution in [0, 0.1) is 29.6 Å². The van der Waals surface area contributed by atoms with Gasteiger partial charge in [-0.2, -0.15) is 0 Å². The first kappa shape index (κ1) is 22.0. The van der Waals surface area contributed by atoms with E-state index in [0.29, 0.717) is 25.2 Å². The number of hydrogen-bond donors (Lipinski definition) is 1. The van der Waals surface area contributed by atoms with Gasteiger partial charge >= 0.3 is 5.97 Å². The van der Waals surface area contributed by atoms with Gasteiger partial charge in [-0.15, -0.1) is 12.6 Å². The molecule has 0 aromatic rings. The second-order valence-corrected chi connectivity index (χ2v) is 11.4. The third-order valence-corrected chi connectivity index (χ3v) is 8.05. The molecule has 0 aromatic heterocycles. The Balaban J connectivity index is 1.21. The molecule has 0 heterocycles. The predicted molar refractivity (Wildman–Crippen MR) is 117 cm³/mol. The Kier molecular flexibility index (Phi) is 7.18. The Morgan fingerprint density at radius 3 is 2.28 bits per heavy atom. The van der Waals surface area contributed by atoms with Crippen LogP contribution in [-0.4, -0.2) is 36.3 Å². The fourth-order valence-electron chi connectivity index (χ4n) is 7.32. The summed E-state index contributed by atoms with van der Waals surface area (Å²) in [5, 5.41) is 0. The third-order valence-electron chi connectivity index (χ3n) is 7.90. The molecule has 29 heavy (non-hydrogen) atoms. The molecule has 0 aromatic carbocycles. The zero-order valence-electron chi connectivity index (χ0n) is 18.3. The third kappa shape index (κ3) is 5.71. The molecule has 5 fully saturated rings. The van der Waals surface area contributed by atoms with Crippen molar-refractivity contribution in [3.63, 3.8) is 0 Å². The van der Waals surface area contributed by atoms with E-state index in [-0.39, 0.29) is 22.9 Å². The van der Waals surface area contributed by atoms with Crippen LogP contribution in [0.15, 0.2) is 0 Å². The lowest BCUT2D eigenvalue weighted by Crippen LogP contribution is -2.53. The summed E-state index contributed by atoms with van der Waals surface area (Å²) in [5.74, 6) is 3.37. The molecule has 4 nitrogen and oxygen atoms in total. The number of carbonyl (C=O) groups is 1. The summed E-state index contributed by atoms with van der Waals surface area (Å²) < 4.78 is 17.6. The first-order valence-corrected chi connectivity index (χ1v) is 12.6. The maximum atomic E-state index is 12.4. The molecular weight excluding hydrogens is 384 g/mol. The maximum absolute atomic E-state index is 12.4. The second-order valence-electron chi connectivity index (χ2n) is 10.6. The van der Waals surface area contributed by atoms with Gasteiger partial charge < -0.3 is 14.2 Å². The summed E-state index contributed by atoms with van der Waals surface area (Å²) >= 11 is 4.17. The van der Waals surface area contributed by atoms with E-state index in [9.17, 15) is 4.79 Å². The molecule has 0 spiro atoms. The lowest BCUT2D eigenvalue weighted by molar-refractivity contribution is -0.188. The molecule has 0 saturated heterocycles. The van der Waals surface area contributed by atoms with E-state index in [1.165, 1.54) is 44.9 Å². The van der Waals surface area contributed by atoms with E-state index < -0.39 is 0 Å². The Morgan fingerprint density at radius 2 is 1.66 bits per heavy atom. The molecule has 4 bridgehead atoms. The molecule has 166 valence electrons. The van der Waals surface area contributed by atoms with Crippen LogP contribution in [-0.2, 0) is 19.0 Å². The maximum Gasteiger partial charge on any atom is 0.309 e. The van der Waals surface area contributed by atoms with Gasteiger partial charge in [-0.25, -0.2) is 0 Å². The number of carbonyl (C=O) groups excluding carboxylic acids is 1. The normalized spacial score (nSPS) is 40.6. The van der Waals surface area contributed by atoms with Crippen molar-refractivity contribution in [1.29, 1.82) is 0 Å². The van der Waals surface area contributed by atoms with Gasteiger partial charge in [0.25, 0.3) is 0 Å². The molecule has 5 heteroatoms. The van der Waals surface area contributed by atoms with Gasteiger partial charge in [-0.05, 0) is 95.3 Å². The molecule has 5 saturated carbocycles. The summed E-state index contributed by atoms with van der Waals surface area (Å²) in [6.07, 6.45) is 13.9. The Bertz CT molecular complexity index is 528. The fourth-order valence-corrected chi connectivity index (χ4v) is 7.42. The average molecular weight is 425 g/mol. The molecule has 5 aliphatic carbocycles. The lowest BCUT2D eigenvalue weighted by atomic mass is 9.54. The topological polar surface area (TPSA) is 44.8 Å². The first-order chi connectivity index (χ1) is 13.9. The van der Waals surface area contributed by atoms with E-state index in [2.05, 4.69) is 19.6 Å². The summed E-state index contributed by atoms with van der Waals surface area (Å²) in [6.45, 7) is 4.89. The van der Waals surface area contributed by atoms with Gasteiger partial charge in [0.2, 0.25) is 0 Å². The quantitative estimate of drug-likeness (QED) is 0.233. The number of thiol groups is 1. The van der Waals surface area contributed by atoms with Crippen molar-refractivity contribution in [3.8, 4) is 0 Å². The molecule has 4 atom stereocenters. The Labute approximate surface area is 182 Å². The summed E-state index contributed by atoms with van der Waals surface area (Å²) in [4.78, 5) is 12.4. The van der Waals surface area contributed by atoms with Crippen molar-refractivity contribution >= 4 is 18.6 Å². The minimum atomic E-state index is -0.122. The standard InChI is InChI=1S/C24H40O4S/c1-16(28-24-13-19-9-20(14-24)11-21(10-19)15-24)8-18-4-3-5-22(12-18)23(25)27-7-6-26-17(2)29/h16-22,29H,3-15H2,1-2H3. The highest BCUT2D eigenvalue weighted by atomic mass is 32.1. The van der Waals surface area contributed by atoms with Crippen LogP contribution in [0.5, 0.6) is 0 Å². The van der Waals surface area contributed by atoms with Crippen LogP contribution in [0.25, 0.3) is 0 Å². The summed E-state index contributed by atoms with van der Waals surface area (Å²) in [7, 11) is 0. The zero-order chi connectivity index (χ0) is 20.4. The van der Waals surface area contributed by atoms with Crippen LogP contribution in [0.2, 0.25) is 0 Å². The van der Waals surface area contributed by atoms with Crippen LogP contribution in [0.3, 0.4) is 0 Å². The highest BCUT2D eigenvalue weighted by Gasteiger charge is 2.52. The zero-order valence-corrected chi connectivity index (χ0v) is 19.2. The van der Waals surface area contributed by atoms with E-state index in [1.54, 1.807) is 0 Å². The van der Waals surface area contributed by atoms with Gasteiger partial charge in [0.05, 0.1) is 29.7 Å². The van der Waals surface area contributed by atoms with E-state index >= 15 is 0 Å². The van der Waals surface area contributed by atoms with E-state index in [1.807, 2.05) is 6.92 Å². The van der Waals surface area contributed by atoms with Gasteiger partial charge in [-0.1, -0.05) is 12.8 Å². The number of esters is 1. The molecule has 5 rings (SSSR count). The minimum absolute atomic E-state index is 0.0419. The van der Waals surface area contributed by atoms with Gasteiger partial charge in [0, 0.05) is 0 Å². The Morgan fingerprint density at radius 1 is 1.00 bits per heavy atom. The van der Waals surface area contributed by atoms with Crippen LogP contribution in [0.4, 0.5) is 0 Å². The second kappa shape index (κ2) is 9.48.